The number of ether oxygens (including phenoxy) is 1. The molecule has 2 aliphatic rings. The Kier molecular flexibility index (Phi) is 8.22. The molecule has 164 valence electrons. The summed E-state index contributed by atoms with van der Waals surface area (Å²) < 4.78 is 46.8. The Labute approximate surface area is 187 Å². The van der Waals surface area contributed by atoms with Gasteiger partial charge in [-0.1, -0.05) is 30.3 Å². The first kappa shape index (κ1) is 24.5. The van der Waals surface area contributed by atoms with Gasteiger partial charge in [0.15, 0.2) is 0 Å². The first-order chi connectivity index (χ1) is 13.4. The summed E-state index contributed by atoms with van der Waals surface area (Å²) in [6.45, 7) is 4.86. The van der Waals surface area contributed by atoms with Crippen molar-refractivity contribution in [3.05, 3.63) is 65.2 Å². The van der Waals surface area contributed by atoms with E-state index in [1.165, 1.54) is 6.07 Å². The van der Waals surface area contributed by atoms with Gasteiger partial charge in [-0.2, -0.15) is 13.2 Å². The molecule has 1 saturated heterocycles. The molecule has 2 aromatic carbocycles. The lowest BCUT2D eigenvalue weighted by Gasteiger charge is -2.32. The number of piperazine rings is 1. The van der Waals surface area contributed by atoms with Crippen molar-refractivity contribution in [2.45, 2.75) is 12.6 Å². The highest BCUT2D eigenvalue weighted by Gasteiger charge is 2.37. The smallest absolute Gasteiger partial charge is 0.417 e. The lowest BCUT2D eigenvalue weighted by molar-refractivity contribution is -0.137. The zero-order valence-corrected chi connectivity index (χ0v) is 18.2. The van der Waals surface area contributed by atoms with Crippen molar-refractivity contribution in [3.8, 4) is 11.5 Å². The maximum absolute atomic E-state index is 13.7. The molecule has 0 atom stereocenters. The molecule has 2 aliphatic heterocycles. The monoisotopic (exact) mass is 460 g/mol. The normalized spacial score (nSPS) is 17.9. The number of hydrogen-bond acceptors (Lipinski definition) is 3. The topological polar surface area (TPSA) is 15.7 Å². The predicted octanol–water partition coefficient (Wildman–Crippen LogP) is 5.72. The number of likely N-dealkylation sites (N-methyl/N-ethyl adjacent to an activating group) is 1. The molecule has 0 unspecified atom stereocenters. The zero-order valence-electron chi connectivity index (χ0n) is 16.6. The third-order valence-electron chi connectivity index (χ3n) is 5.39. The quantitative estimate of drug-likeness (QED) is 0.496. The summed E-state index contributed by atoms with van der Waals surface area (Å²) in [4.78, 5) is 4.65. The van der Waals surface area contributed by atoms with Crippen LogP contribution in [0.15, 0.2) is 48.5 Å². The molecular weight excluding hydrogens is 436 g/mol. The van der Waals surface area contributed by atoms with Crippen LogP contribution in [-0.2, 0) is 6.18 Å². The molecule has 0 radical (unpaired) electrons. The molecule has 0 amide bonds. The fraction of sp³-hybridized carbons (Fsp3) is 0.364. The second-order valence-corrected chi connectivity index (χ2v) is 7.33. The summed E-state index contributed by atoms with van der Waals surface area (Å²) in [5.41, 5.74) is 0.821. The standard InChI is InChI=1S/C22H23F3N2O.2ClH/c1-26-12-14-27(15-13-26)11-5-7-17-16-6-2-3-9-19(16)28-20-10-4-8-18(21(17)20)22(23,24)25;;/h2-4,6-10H,5,11-15H2,1H3;2*1H. The van der Waals surface area contributed by atoms with Crippen molar-refractivity contribution in [1.29, 1.82) is 0 Å². The minimum absolute atomic E-state index is 0. The van der Waals surface area contributed by atoms with Crippen LogP contribution in [0.3, 0.4) is 0 Å². The third-order valence-corrected chi connectivity index (χ3v) is 5.39. The Hall–Kier alpha value is -1.73. The summed E-state index contributed by atoms with van der Waals surface area (Å²) in [5.74, 6) is 0.861. The number of fused-ring (bicyclic) bond motifs is 2. The molecule has 0 aliphatic carbocycles. The van der Waals surface area contributed by atoms with Crippen molar-refractivity contribution in [1.82, 2.24) is 9.80 Å². The summed E-state index contributed by atoms with van der Waals surface area (Å²) >= 11 is 0. The molecule has 30 heavy (non-hydrogen) atoms. The average Bonchev–Trinajstić information content (AvgIpc) is 2.67. The van der Waals surface area contributed by atoms with E-state index < -0.39 is 11.7 Å². The fourth-order valence-corrected chi connectivity index (χ4v) is 3.84. The summed E-state index contributed by atoms with van der Waals surface area (Å²) in [6.07, 6.45) is -1.80. The van der Waals surface area contributed by atoms with Gasteiger partial charge in [-0.15, -0.1) is 24.8 Å². The van der Waals surface area contributed by atoms with Crippen LogP contribution in [0.1, 0.15) is 23.1 Å². The van der Waals surface area contributed by atoms with E-state index in [0.717, 1.165) is 38.8 Å². The third kappa shape index (κ3) is 5.11. The van der Waals surface area contributed by atoms with Gasteiger partial charge >= 0.3 is 6.18 Å². The van der Waals surface area contributed by atoms with Crippen LogP contribution < -0.4 is 4.74 Å². The average molecular weight is 461 g/mol. The molecule has 0 spiro atoms. The molecular formula is C22H25Cl2F3N2O. The second-order valence-electron chi connectivity index (χ2n) is 7.33. The van der Waals surface area contributed by atoms with E-state index in [-0.39, 0.29) is 36.1 Å². The van der Waals surface area contributed by atoms with Crippen LogP contribution in [0, 0.1) is 0 Å². The highest BCUT2D eigenvalue weighted by molar-refractivity contribution is 5.89. The Balaban J connectivity index is 0.00000160. The van der Waals surface area contributed by atoms with E-state index in [9.17, 15) is 13.2 Å². The first-order valence-corrected chi connectivity index (χ1v) is 9.52. The second kappa shape index (κ2) is 10.1. The van der Waals surface area contributed by atoms with Gasteiger partial charge < -0.3 is 14.5 Å². The molecule has 1 fully saturated rings. The van der Waals surface area contributed by atoms with Crippen molar-refractivity contribution in [2.24, 2.45) is 0 Å². The fourth-order valence-electron chi connectivity index (χ4n) is 3.84. The molecule has 0 bridgehead atoms. The number of nitrogens with zero attached hydrogens (tertiary/aromatic N) is 2. The van der Waals surface area contributed by atoms with Gasteiger partial charge in [-0.25, -0.2) is 0 Å². The van der Waals surface area contributed by atoms with Gasteiger partial charge in [0.1, 0.15) is 11.5 Å². The summed E-state index contributed by atoms with van der Waals surface area (Å²) in [6, 6.07) is 11.4. The van der Waals surface area contributed by atoms with Crippen molar-refractivity contribution < 1.29 is 17.9 Å². The number of para-hydroxylation sites is 1. The maximum atomic E-state index is 13.7. The van der Waals surface area contributed by atoms with Crippen LogP contribution in [0.25, 0.3) is 5.57 Å². The van der Waals surface area contributed by atoms with Crippen molar-refractivity contribution in [3.63, 3.8) is 0 Å². The SMILES string of the molecule is CN1CCN(CCC=C2c3ccccc3Oc3cccc(C(F)(F)F)c32)CC1.Cl.Cl. The van der Waals surface area contributed by atoms with E-state index in [0.29, 0.717) is 23.3 Å². The number of halogens is 5. The molecule has 0 N–H and O–H groups in total. The van der Waals surface area contributed by atoms with Crippen LogP contribution in [0.5, 0.6) is 11.5 Å². The molecule has 0 saturated carbocycles. The molecule has 3 nitrogen and oxygen atoms in total. The Morgan fingerprint density at radius 1 is 0.933 bits per heavy atom. The van der Waals surface area contributed by atoms with Crippen LogP contribution in [0.4, 0.5) is 13.2 Å². The van der Waals surface area contributed by atoms with Gasteiger partial charge in [0.2, 0.25) is 0 Å². The van der Waals surface area contributed by atoms with Crippen molar-refractivity contribution >= 4 is 30.4 Å². The molecule has 4 rings (SSSR count). The lowest BCUT2D eigenvalue weighted by atomic mass is 9.89. The van der Waals surface area contributed by atoms with E-state index >= 15 is 0 Å². The van der Waals surface area contributed by atoms with Gasteiger partial charge in [0, 0.05) is 43.9 Å². The summed E-state index contributed by atoms with van der Waals surface area (Å²) in [7, 11) is 2.11. The largest absolute Gasteiger partial charge is 0.456 e. The first-order valence-electron chi connectivity index (χ1n) is 9.52. The van der Waals surface area contributed by atoms with Crippen LogP contribution >= 0.6 is 24.8 Å². The highest BCUT2D eigenvalue weighted by Crippen LogP contribution is 2.48. The Morgan fingerprint density at radius 3 is 2.30 bits per heavy atom. The van der Waals surface area contributed by atoms with E-state index in [1.807, 2.05) is 24.3 Å². The van der Waals surface area contributed by atoms with Crippen LogP contribution in [-0.4, -0.2) is 49.6 Å². The van der Waals surface area contributed by atoms with Crippen molar-refractivity contribution in [2.75, 3.05) is 39.8 Å². The van der Waals surface area contributed by atoms with E-state index in [1.54, 1.807) is 12.1 Å². The number of alkyl halides is 3. The molecule has 0 aromatic heterocycles. The van der Waals surface area contributed by atoms with Gasteiger partial charge in [0.25, 0.3) is 0 Å². The molecule has 2 aromatic rings. The minimum Gasteiger partial charge on any atom is -0.456 e. The van der Waals surface area contributed by atoms with E-state index in [2.05, 4.69) is 16.8 Å². The summed E-state index contributed by atoms with van der Waals surface area (Å²) in [5, 5.41) is 0. The molecule has 8 heteroatoms. The number of hydrogen-bond donors (Lipinski definition) is 0. The highest BCUT2D eigenvalue weighted by atomic mass is 35.5. The maximum Gasteiger partial charge on any atom is 0.417 e. The number of rotatable bonds is 3. The minimum atomic E-state index is -4.43. The van der Waals surface area contributed by atoms with Gasteiger partial charge in [-0.05, 0) is 37.2 Å². The predicted molar refractivity (Wildman–Crippen MR) is 118 cm³/mol. The lowest BCUT2D eigenvalue weighted by Crippen LogP contribution is -2.44. The zero-order chi connectivity index (χ0) is 19.7. The number of benzene rings is 2. The Bertz CT molecular complexity index is 894. The Morgan fingerprint density at radius 2 is 1.60 bits per heavy atom. The molecule has 2 heterocycles. The van der Waals surface area contributed by atoms with E-state index in [4.69, 9.17) is 4.74 Å². The van der Waals surface area contributed by atoms with Gasteiger partial charge in [0.05, 0.1) is 5.56 Å². The van der Waals surface area contributed by atoms with Crippen LogP contribution in [0.2, 0.25) is 0 Å². The van der Waals surface area contributed by atoms with Gasteiger partial charge in [-0.3, -0.25) is 0 Å².